The zero-order valence-corrected chi connectivity index (χ0v) is 17.9. The molecule has 0 aliphatic heterocycles. The molecular formula is C30H26. The molecule has 0 saturated carbocycles. The van der Waals surface area contributed by atoms with E-state index in [-0.39, 0.29) is 10.8 Å². The minimum absolute atomic E-state index is 0.0238. The predicted molar refractivity (Wildman–Crippen MR) is 126 cm³/mol. The summed E-state index contributed by atoms with van der Waals surface area (Å²) in [5, 5.41) is 0. The van der Waals surface area contributed by atoms with Gasteiger partial charge >= 0.3 is 0 Å². The van der Waals surface area contributed by atoms with Crippen LogP contribution in [0.5, 0.6) is 0 Å². The minimum Gasteiger partial charge on any atom is -0.0619 e. The Hall–Kier alpha value is -3.12. The highest BCUT2D eigenvalue weighted by Gasteiger charge is 2.41. The van der Waals surface area contributed by atoms with Crippen molar-refractivity contribution >= 4 is 0 Å². The third-order valence-electron chi connectivity index (χ3n) is 7.57. The first kappa shape index (κ1) is 17.7. The largest absolute Gasteiger partial charge is 0.0619 e. The number of fused-ring (bicyclic) bond motifs is 6. The van der Waals surface area contributed by atoms with Crippen molar-refractivity contribution < 1.29 is 0 Å². The second-order valence-corrected chi connectivity index (χ2v) is 9.61. The van der Waals surface area contributed by atoms with Crippen LogP contribution in [0.2, 0.25) is 0 Å². The van der Waals surface area contributed by atoms with Crippen molar-refractivity contribution in [3.63, 3.8) is 0 Å². The van der Waals surface area contributed by atoms with Gasteiger partial charge in [0.2, 0.25) is 0 Å². The first-order chi connectivity index (χ1) is 14.5. The molecule has 0 saturated heterocycles. The molecule has 0 unspecified atom stereocenters. The Labute approximate surface area is 179 Å². The second kappa shape index (κ2) is 5.95. The van der Waals surface area contributed by atoms with E-state index in [4.69, 9.17) is 0 Å². The van der Waals surface area contributed by atoms with Gasteiger partial charge in [-0.05, 0) is 56.5 Å². The Morgan fingerprint density at radius 3 is 1.63 bits per heavy atom. The van der Waals surface area contributed by atoms with Gasteiger partial charge in [-0.1, -0.05) is 112 Å². The molecule has 2 aliphatic carbocycles. The second-order valence-electron chi connectivity index (χ2n) is 9.61. The first-order valence-corrected chi connectivity index (χ1v) is 10.9. The van der Waals surface area contributed by atoms with Crippen molar-refractivity contribution in [2.24, 2.45) is 0 Å². The van der Waals surface area contributed by atoms with Gasteiger partial charge in [-0.25, -0.2) is 0 Å². The van der Waals surface area contributed by atoms with Crippen LogP contribution in [0.25, 0.3) is 22.3 Å². The van der Waals surface area contributed by atoms with Gasteiger partial charge < -0.3 is 0 Å². The molecule has 0 bridgehead atoms. The Morgan fingerprint density at radius 2 is 1.00 bits per heavy atom. The van der Waals surface area contributed by atoms with E-state index in [9.17, 15) is 0 Å². The average Bonchev–Trinajstić information content (AvgIpc) is 3.16. The van der Waals surface area contributed by atoms with Gasteiger partial charge in [-0.2, -0.15) is 0 Å². The average molecular weight is 387 g/mol. The van der Waals surface area contributed by atoms with Crippen LogP contribution in [0.15, 0.2) is 91.0 Å². The van der Waals surface area contributed by atoms with Gasteiger partial charge in [0, 0.05) is 10.8 Å². The Morgan fingerprint density at radius 1 is 0.500 bits per heavy atom. The van der Waals surface area contributed by atoms with Crippen molar-refractivity contribution in [3.8, 4) is 22.3 Å². The SMILES string of the molecule is CC1(C)c2ccccc2-c2c(CC3(C)c4ccccc4-c4ccccc43)cccc21. The minimum atomic E-state index is -0.0238. The monoisotopic (exact) mass is 386 g/mol. The molecule has 6 rings (SSSR count). The molecule has 146 valence electrons. The topological polar surface area (TPSA) is 0 Å². The number of hydrogen-bond donors (Lipinski definition) is 0. The van der Waals surface area contributed by atoms with Crippen molar-refractivity contribution in [2.75, 3.05) is 0 Å². The summed E-state index contributed by atoms with van der Waals surface area (Å²) in [6.07, 6.45) is 1.01. The lowest BCUT2D eigenvalue weighted by Gasteiger charge is -2.29. The molecular weight excluding hydrogens is 360 g/mol. The highest BCUT2D eigenvalue weighted by atomic mass is 14.4. The molecule has 0 amide bonds. The first-order valence-electron chi connectivity index (χ1n) is 10.9. The van der Waals surface area contributed by atoms with Gasteiger partial charge in [0.15, 0.2) is 0 Å². The molecule has 30 heavy (non-hydrogen) atoms. The fourth-order valence-corrected chi connectivity index (χ4v) is 6.09. The lowest BCUT2D eigenvalue weighted by molar-refractivity contribution is 0.582. The molecule has 0 fully saturated rings. The van der Waals surface area contributed by atoms with Gasteiger partial charge in [0.25, 0.3) is 0 Å². The zero-order chi connectivity index (χ0) is 20.5. The lowest BCUT2D eigenvalue weighted by Crippen LogP contribution is -2.24. The summed E-state index contributed by atoms with van der Waals surface area (Å²) in [6.45, 7) is 7.16. The van der Waals surface area contributed by atoms with Crippen LogP contribution in [-0.2, 0) is 17.3 Å². The molecule has 0 radical (unpaired) electrons. The fraction of sp³-hybridized carbons (Fsp3) is 0.200. The van der Waals surface area contributed by atoms with Crippen LogP contribution in [0.3, 0.4) is 0 Å². The molecule has 4 aromatic carbocycles. The summed E-state index contributed by atoms with van der Waals surface area (Å²) in [4.78, 5) is 0. The standard InChI is InChI=1S/C30H26/c1-29(2)24-15-7-6-14-23(24)28-20(11-10-18-27(28)29)19-30(3)25-16-8-4-12-21(25)22-13-5-9-17-26(22)30/h4-18H,19H2,1-3H3. The van der Waals surface area contributed by atoms with Crippen LogP contribution in [0.4, 0.5) is 0 Å². The summed E-state index contributed by atoms with van der Waals surface area (Å²) in [6, 6.07) is 33.9. The quantitative estimate of drug-likeness (QED) is 0.334. The smallest absolute Gasteiger partial charge is 0.0227 e. The molecule has 0 atom stereocenters. The van der Waals surface area contributed by atoms with Crippen LogP contribution in [0, 0.1) is 0 Å². The normalized spacial score (nSPS) is 16.5. The summed E-state index contributed by atoms with van der Waals surface area (Å²) < 4.78 is 0. The Kier molecular flexibility index (Phi) is 3.51. The summed E-state index contributed by atoms with van der Waals surface area (Å²) in [7, 11) is 0. The number of rotatable bonds is 2. The number of benzene rings is 4. The van der Waals surface area contributed by atoms with Crippen molar-refractivity contribution in [1.82, 2.24) is 0 Å². The molecule has 0 heterocycles. The van der Waals surface area contributed by atoms with Gasteiger partial charge in [0.1, 0.15) is 0 Å². The molecule has 0 spiro atoms. The van der Waals surface area contributed by atoms with Crippen molar-refractivity contribution in [2.45, 2.75) is 38.0 Å². The van der Waals surface area contributed by atoms with Crippen molar-refractivity contribution in [3.05, 3.63) is 119 Å². The van der Waals surface area contributed by atoms with Gasteiger partial charge in [-0.15, -0.1) is 0 Å². The van der Waals surface area contributed by atoms with Gasteiger partial charge in [0.05, 0.1) is 0 Å². The van der Waals surface area contributed by atoms with Crippen LogP contribution in [0.1, 0.15) is 48.6 Å². The maximum absolute atomic E-state index is 2.43. The van der Waals surface area contributed by atoms with Crippen LogP contribution < -0.4 is 0 Å². The molecule has 0 nitrogen and oxygen atoms in total. The maximum Gasteiger partial charge on any atom is 0.0227 e. The third kappa shape index (κ3) is 2.17. The van der Waals surface area contributed by atoms with Gasteiger partial charge in [-0.3, -0.25) is 0 Å². The van der Waals surface area contributed by atoms with E-state index in [1.807, 2.05) is 0 Å². The summed E-state index contributed by atoms with van der Waals surface area (Å²) in [5.74, 6) is 0. The van der Waals surface area contributed by atoms with E-state index < -0.39 is 0 Å². The number of hydrogen-bond acceptors (Lipinski definition) is 0. The fourth-order valence-electron chi connectivity index (χ4n) is 6.09. The highest BCUT2D eigenvalue weighted by molar-refractivity contribution is 5.85. The van der Waals surface area contributed by atoms with E-state index in [1.165, 1.54) is 50.1 Å². The van der Waals surface area contributed by atoms with E-state index in [1.54, 1.807) is 0 Å². The highest BCUT2D eigenvalue weighted by Crippen LogP contribution is 2.54. The summed E-state index contributed by atoms with van der Waals surface area (Å²) in [5.41, 5.74) is 13.0. The summed E-state index contributed by atoms with van der Waals surface area (Å²) >= 11 is 0. The predicted octanol–water partition coefficient (Wildman–Crippen LogP) is 7.52. The molecule has 0 aromatic heterocycles. The van der Waals surface area contributed by atoms with E-state index in [2.05, 4.69) is 112 Å². The Balaban J connectivity index is 1.58. The van der Waals surface area contributed by atoms with E-state index >= 15 is 0 Å². The zero-order valence-electron chi connectivity index (χ0n) is 17.9. The van der Waals surface area contributed by atoms with Crippen LogP contribution >= 0.6 is 0 Å². The molecule has 2 aliphatic rings. The molecule has 0 N–H and O–H groups in total. The molecule has 4 aromatic rings. The maximum atomic E-state index is 2.43. The van der Waals surface area contributed by atoms with Crippen LogP contribution in [-0.4, -0.2) is 0 Å². The van der Waals surface area contributed by atoms with E-state index in [0.717, 1.165) is 6.42 Å². The molecule has 0 heteroatoms. The van der Waals surface area contributed by atoms with Crippen molar-refractivity contribution in [1.29, 1.82) is 0 Å². The van der Waals surface area contributed by atoms with E-state index in [0.29, 0.717) is 0 Å². The Bertz CT molecular complexity index is 1260. The lowest BCUT2D eigenvalue weighted by atomic mass is 9.74. The third-order valence-corrected chi connectivity index (χ3v) is 7.57.